The van der Waals surface area contributed by atoms with E-state index >= 15 is 0 Å². The molecule has 0 spiro atoms. The zero-order valence-corrected chi connectivity index (χ0v) is 16.1. The summed E-state index contributed by atoms with van der Waals surface area (Å²) in [4.78, 5) is 3.89. The van der Waals surface area contributed by atoms with Gasteiger partial charge in [0.25, 0.3) is 0 Å². The predicted molar refractivity (Wildman–Crippen MR) is 104 cm³/mol. The van der Waals surface area contributed by atoms with E-state index in [4.69, 9.17) is 4.74 Å². The molecule has 0 radical (unpaired) electrons. The Labute approximate surface area is 172 Å². The van der Waals surface area contributed by atoms with Gasteiger partial charge in [0, 0.05) is 5.56 Å². The molecule has 0 saturated carbocycles. The van der Waals surface area contributed by atoms with Gasteiger partial charge < -0.3 is 4.74 Å². The number of fused-ring (bicyclic) bond motifs is 3. The number of alkyl halides is 3. The van der Waals surface area contributed by atoms with Crippen molar-refractivity contribution in [1.29, 1.82) is 0 Å². The number of hydrogen-bond donors (Lipinski definition) is 0. The SMILES string of the molecule is COc1ccc(-c2nnc3c4nnn(Cc5ccccc5)c4nc(C(F)(F)F)n23)cc1. The lowest BCUT2D eigenvalue weighted by atomic mass is 10.2. The molecule has 0 amide bonds. The van der Waals surface area contributed by atoms with Crippen molar-refractivity contribution >= 4 is 16.8 Å². The summed E-state index contributed by atoms with van der Waals surface area (Å²) >= 11 is 0. The third-order valence-electron chi connectivity index (χ3n) is 4.78. The fourth-order valence-corrected chi connectivity index (χ4v) is 3.33. The number of nitrogens with zero attached hydrogens (tertiary/aromatic N) is 7. The summed E-state index contributed by atoms with van der Waals surface area (Å²) in [5.41, 5.74) is 1.33. The molecule has 3 aromatic heterocycles. The lowest BCUT2D eigenvalue weighted by Gasteiger charge is -2.11. The van der Waals surface area contributed by atoms with E-state index in [1.54, 1.807) is 24.3 Å². The summed E-state index contributed by atoms with van der Waals surface area (Å²) in [5.74, 6) is -0.586. The standard InChI is InChI=1S/C20H14F3N7O/c1-31-14-9-7-13(8-10-14)16-26-27-18-15-17(24-19(30(16)18)20(21,22)23)29(28-25-15)11-12-5-3-2-4-6-12/h2-10H,11H2,1H3. The fraction of sp³-hybridized carbons (Fsp3) is 0.150. The summed E-state index contributed by atoms with van der Waals surface area (Å²) in [7, 11) is 1.50. The van der Waals surface area contributed by atoms with Crippen LogP contribution in [-0.2, 0) is 12.7 Å². The van der Waals surface area contributed by atoms with Crippen LogP contribution in [0.2, 0.25) is 0 Å². The molecule has 31 heavy (non-hydrogen) atoms. The largest absolute Gasteiger partial charge is 0.497 e. The summed E-state index contributed by atoms with van der Waals surface area (Å²) < 4.78 is 49.3. The van der Waals surface area contributed by atoms with Gasteiger partial charge in [0.05, 0.1) is 13.7 Å². The molecule has 0 aliphatic heterocycles. The minimum Gasteiger partial charge on any atom is -0.497 e. The van der Waals surface area contributed by atoms with Gasteiger partial charge in [0.15, 0.2) is 22.6 Å². The van der Waals surface area contributed by atoms with Crippen LogP contribution in [0.3, 0.4) is 0 Å². The Balaban J connectivity index is 1.73. The quantitative estimate of drug-likeness (QED) is 0.438. The van der Waals surface area contributed by atoms with Gasteiger partial charge >= 0.3 is 6.18 Å². The second-order valence-corrected chi connectivity index (χ2v) is 6.75. The maximum absolute atomic E-state index is 14.0. The van der Waals surface area contributed by atoms with Crippen LogP contribution in [0.1, 0.15) is 11.4 Å². The number of ether oxygens (including phenoxy) is 1. The van der Waals surface area contributed by atoms with Crippen molar-refractivity contribution in [2.24, 2.45) is 0 Å². The van der Waals surface area contributed by atoms with E-state index in [9.17, 15) is 13.2 Å². The molecule has 5 aromatic rings. The number of halogens is 3. The van der Waals surface area contributed by atoms with Gasteiger partial charge in [-0.25, -0.2) is 9.67 Å². The first-order valence-corrected chi connectivity index (χ1v) is 9.19. The molecule has 5 rings (SSSR count). The van der Waals surface area contributed by atoms with E-state index in [1.165, 1.54) is 11.8 Å². The van der Waals surface area contributed by atoms with Crippen molar-refractivity contribution < 1.29 is 17.9 Å². The first-order valence-electron chi connectivity index (χ1n) is 9.19. The van der Waals surface area contributed by atoms with Crippen LogP contribution in [0.25, 0.3) is 28.2 Å². The van der Waals surface area contributed by atoms with Crippen LogP contribution in [0.5, 0.6) is 5.75 Å². The molecule has 11 heteroatoms. The molecular weight excluding hydrogens is 411 g/mol. The van der Waals surface area contributed by atoms with Crippen molar-refractivity contribution in [3.05, 3.63) is 66.0 Å². The Kier molecular flexibility index (Phi) is 4.31. The second kappa shape index (κ2) is 7.04. The van der Waals surface area contributed by atoms with Crippen molar-refractivity contribution in [2.75, 3.05) is 7.11 Å². The number of benzene rings is 2. The Morgan fingerprint density at radius 3 is 2.32 bits per heavy atom. The average Bonchev–Trinajstić information content (AvgIpc) is 3.38. The molecule has 0 N–H and O–H groups in total. The highest BCUT2D eigenvalue weighted by atomic mass is 19.4. The summed E-state index contributed by atoms with van der Waals surface area (Å²) in [6.07, 6.45) is -4.75. The molecule has 8 nitrogen and oxygen atoms in total. The van der Waals surface area contributed by atoms with Crippen LogP contribution in [0.15, 0.2) is 54.6 Å². The van der Waals surface area contributed by atoms with E-state index in [-0.39, 0.29) is 29.2 Å². The fourth-order valence-electron chi connectivity index (χ4n) is 3.33. The monoisotopic (exact) mass is 425 g/mol. The Morgan fingerprint density at radius 2 is 1.65 bits per heavy atom. The molecule has 0 saturated heterocycles. The molecule has 156 valence electrons. The Bertz CT molecular complexity index is 1380. The molecule has 2 aromatic carbocycles. The Hall–Kier alpha value is -4.02. The first kappa shape index (κ1) is 19.0. The summed E-state index contributed by atoms with van der Waals surface area (Å²) in [6.45, 7) is 0.220. The maximum Gasteiger partial charge on any atom is 0.450 e. The van der Waals surface area contributed by atoms with Crippen molar-refractivity contribution in [3.8, 4) is 17.1 Å². The molecule has 0 aliphatic carbocycles. The van der Waals surface area contributed by atoms with Gasteiger partial charge in [-0.1, -0.05) is 35.5 Å². The predicted octanol–water partition coefficient (Wildman–Crippen LogP) is 3.61. The maximum atomic E-state index is 14.0. The van der Waals surface area contributed by atoms with Gasteiger partial charge in [0.2, 0.25) is 5.82 Å². The molecule has 3 heterocycles. The number of aromatic nitrogens is 7. The number of rotatable bonds is 4. The smallest absolute Gasteiger partial charge is 0.450 e. The van der Waals surface area contributed by atoms with Crippen LogP contribution in [0, 0.1) is 0 Å². The molecular formula is C20H14F3N7O. The molecule has 0 unspecified atom stereocenters. The van der Waals surface area contributed by atoms with E-state index in [0.29, 0.717) is 11.3 Å². The molecule has 0 bridgehead atoms. The highest BCUT2D eigenvalue weighted by Gasteiger charge is 2.38. The highest BCUT2D eigenvalue weighted by Crippen LogP contribution is 2.33. The number of hydrogen-bond acceptors (Lipinski definition) is 6. The highest BCUT2D eigenvalue weighted by molar-refractivity contribution is 5.86. The third-order valence-corrected chi connectivity index (χ3v) is 4.78. The van der Waals surface area contributed by atoms with Gasteiger partial charge in [-0.05, 0) is 29.8 Å². The zero-order chi connectivity index (χ0) is 21.6. The van der Waals surface area contributed by atoms with Crippen LogP contribution >= 0.6 is 0 Å². The lowest BCUT2D eigenvalue weighted by Crippen LogP contribution is -2.16. The lowest BCUT2D eigenvalue weighted by molar-refractivity contribution is -0.145. The van der Waals surface area contributed by atoms with Gasteiger partial charge in [-0.15, -0.1) is 15.3 Å². The normalized spacial score (nSPS) is 12.0. The van der Waals surface area contributed by atoms with Gasteiger partial charge in [-0.3, -0.25) is 4.40 Å². The van der Waals surface area contributed by atoms with Gasteiger partial charge in [0.1, 0.15) is 5.75 Å². The topological polar surface area (TPSA) is 83.0 Å². The second-order valence-electron chi connectivity index (χ2n) is 6.75. The minimum atomic E-state index is -4.75. The van der Waals surface area contributed by atoms with Crippen molar-refractivity contribution in [1.82, 2.24) is 34.6 Å². The minimum absolute atomic E-state index is 0.00279. The van der Waals surface area contributed by atoms with Crippen molar-refractivity contribution in [3.63, 3.8) is 0 Å². The first-order chi connectivity index (χ1) is 15.0. The Morgan fingerprint density at radius 1 is 0.903 bits per heavy atom. The number of methoxy groups -OCH3 is 1. The van der Waals surface area contributed by atoms with Crippen LogP contribution in [-0.4, -0.2) is 41.7 Å². The van der Waals surface area contributed by atoms with E-state index in [1.807, 2.05) is 30.3 Å². The summed E-state index contributed by atoms with van der Waals surface area (Å²) in [6, 6.07) is 15.7. The third kappa shape index (κ3) is 3.23. The zero-order valence-electron chi connectivity index (χ0n) is 16.1. The van der Waals surface area contributed by atoms with E-state index < -0.39 is 12.0 Å². The molecule has 0 fully saturated rings. The van der Waals surface area contributed by atoms with Crippen LogP contribution < -0.4 is 4.74 Å². The average molecular weight is 425 g/mol. The molecule has 0 atom stereocenters. The van der Waals surface area contributed by atoms with Gasteiger partial charge in [-0.2, -0.15) is 13.2 Å². The van der Waals surface area contributed by atoms with Crippen LogP contribution in [0.4, 0.5) is 13.2 Å². The van der Waals surface area contributed by atoms with Crippen molar-refractivity contribution in [2.45, 2.75) is 12.7 Å². The van der Waals surface area contributed by atoms with E-state index in [2.05, 4.69) is 25.5 Å². The van der Waals surface area contributed by atoms with E-state index in [0.717, 1.165) is 9.96 Å². The summed E-state index contributed by atoms with van der Waals surface area (Å²) in [5, 5.41) is 16.0. The molecule has 0 aliphatic rings.